The van der Waals surface area contributed by atoms with Crippen molar-refractivity contribution >= 4 is 5.78 Å². The van der Waals surface area contributed by atoms with Crippen LogP contribution in [0.5, 0.6) is 5.88 Å². The first-order valence-electron chi connectivity index (χ1n) is 9.20. The SMILES string of the molecule is CCCc1c(Cc2ccc(-c3ccccc3C#N)cc2)c(O)nc2nncn12. The molecule has 2 aromatic heterocycles. The summed E-state index contributed by atoms with van der Waals surface area (Å²) in [5, 5.41) is 27.6. The van der Waals surface area contributed by atoms with Crippen LogP contribution in [0.4, 0.5) is 0 Å². The number of hydrogen-bond acceptors (Lipinski definition) is 5. The van der Waals surface area contributed by atoms with Gasteiger partial charge < -0.3 is 5.11 Å². The fourth-order valence-electron chi connectivity index (χ4n) is 3.46. The molecule has 0 unspecified atom stereocenters. The van der Waals surface area contributed by atoms with Gasteiger partial charge in [-0.3, -0.25) is 4.40 Å². The van der Waals surface area contributed by atoms with Crippen LogP contribution in [0.25, 0.3) is 16.9 Å². The largest absolute Gasteiger partial charge is 0.493 e. The Morgan fingerprint density at radius 2 is 1.89 bits per heavy atom. The average molecular weight is 369 g/mol. The molecule has 6 nitrogen and oxygen atoms in total. The van der Waals surface area contributed by atoms with Gasteiger partial charge in [0, 0.05) is 17.7 Å². The number of fused-ring (bicyclic) bond motifs is 1. The van der Waals surface area contributed by atoms with Gasteiger partial charge in [-0.2, -0.15) is 10.2 Å². The number of aromatic nitrogens is 4. The van der Waals surface area contributed by atoms with Crippen molar-refractivity contribution < 1.29 is 5.11 Å². The molecule has 0 aliphatic heterocycles. The van der Waals surface area contributed by atoms with E-state index in [1.54, 1.807) is 6.33 Å². The van der Waals surface area contributed by atoms with E-state index in [0.29, 0.717) is 17.8 Å². The van der Waals surface area contributed by atoms with E-state index in [0.717, 1.165) is 40.8 Å². The van der Waals surface area contributed by atoms with Gasteiger partial charge in [0.15, 0.2) is 0 Å². The zero-order valence-electron chi connectivity index (χ0n) is 15.5. The average Bonchev–Trinajstić information content (AvgIpc) is 3.19. The fraction of sp³-hybridized carbons (Fsp3) is 0.182. The van der Waals surface area contributed by atoms with Crippen LogP contribution in [0.1, 0.15) is 35.7 Å². The zero-order chi connectivity index (χ0) is 19.5. The molecule has 138 valence electrons. The van der Waals surface area contributed by atoms with Gasteiger partial charge in [0.1, 0.15) is 6.33 Å². The van der Waals surface area contributed by atoms with Crippen molar-refractivity contribution in [2.24, 2.45) is 0 Å². The fourth-order valence-corrected chi connectivity index (χ4v) is 3.46. The second-order valence-electron chi connectivity index (χ2n) is 6.64. The van der Waals surface area contributed by atoms with Crippen LogP contribution in [0.15, 0.2) is 54.9 Å². The maximum atomic E-state index is 10.5. The van der Waals surface area contributed by atoms with Gasteiger partial charge >= 0.3 is 0 Å². The van der Waals surface area contributed by atoms with E-state index in [4.69, 9.17) is 0 Å². The Labute approximate surface area is 162 Å². The zero-order valence-corrected chi connectivity index (χ0v) is 15.5. The van der Waals surface area contributed by atoms with Gasteiger partial charge in [-0.05, 0) is 29.2 Å². The summed E-state index contributed by atoms with van der Waals surface area (Å²) in [5.74, 6) is 0.413. The molecule has 1 N–H and O–H groups in total. The lowest BCUT2D eigenvalue weighted by atomic mass is 9.97. The summed E-state index contributed by atoms with van der Waals surface area (Å²) in [6.45, 7) is 2.10. The number of benzene rings is 2. The predicted molar refractivity (Wildman–Crippen MR) is 106 cm³/mol. The molecular formula is C22H19N5O. The summed E-state index contributed by atoms with van der Waals surface area (Å²) >= 11 is 0. The molecule has 0 atom stereocenters. The number of aromatic hydroxyl groups is 1. The molecule has 6 heteroatoms. The number of rotatable bonds is 5. The Hall–Kier alpha value is -3.72. The second-order valence-corrected chi connectivity index (χ2v) is 6.64. The van der Waals surface area contributed by atoms with Crippen molar-refractivity contribution in [2.75, 3.05) is 0 Å². The Kier molecular flexibility index (Phi) is 4.73. The monoisotopic (exact) mass is 369 g/mol. The number of hydrogen-bond donors (Lipinski definition) is 1. The smallest absolute Gasteiger partial charge is 0.258 e. The molecule has 0 amide bonds. The highest BCUT2D eigenvalue weighted by atomic mass is 16.3. The number of nitriles is 1. The summed E-state index contributed by atoms with van der Waals surface area (Å²) < 4.78 is 1.84. The minimum atomic E-state index is 0.00264. The van der Waals surface area contributed by atoms with E-state index in [9.17, 15) is 10.4 Å². The minimum Gasteiger partial charge on any atom is -0.493 e. The molecule has 0 saturated heterocycles. The minimum absolute atomic E-state index is 0.00264. The van der Waals surface area contributed by atoms with Crippen molar-refractivity contribution in [3.8, 4) is 23.1 Å². The van der Waals surface area contributed by atoms with Crippen LogP contribution in [0.3, 0.4) is 0 Å². The van der Waals surface area contributed by atoms with E-state index >= 15 is 0 Å². The van der Waals surface area contributed by atoms with Gasteiger partial charge in [-0.25, -0.2) is 0 Å². The third-order valence-electron chi connectivity index (χ3n) is 4.82. The number of nitrogens with zero attached hydrogens (tertiary/aromatic N) is 5. The molecule has 0 aliphatic carbocycles. The number of aryl methyl sites for hydroxylation is 1. The second kappa shape index (κ2) is 7.49. The molecule has 28 heavy (non-hydrogen) atoms. The molecule has 0 saturated carbocycles. The predicted octanol–water partition coefficient (Wildman–Crippen LogP) is 3.91. The van der Waals surface area contributed by atoms with Gasteiger partial charge in [-0.15, -0.1) is 10.2 Å². The molecular weight excluding hydrogens is 350 g/mol. The summed E-state index contributed by atoms with van der Waals surface area (Å²) in [6.07, 6.45) is 3.93. The van der Waals surface area contributed by atoms with Crippen LogP contribution in [-0.2, 0) is 12.8 Å². The molecule has 0 radical (unpaired) electrons. The van der Waals surface area contributed by atoms with Crippen LogP contribution < -0.4 is 0 Å². The van der Waals surface area contributed by atoms with Crippen molar-refractivity contribution in [2.45, 2.75) is 26.2 Å². The molecule has 0 bridgehead atoms. The molecule has 0 fully saturated rings. The highest BCUT2D eigenvalue weighted by Crippen LogP contribution is 2.27. The first kappa shape index (κ1) is 17.7. The van der Waals surface area contributed by atoms with Crippen LogP contribution in [0, 0.1) is 11.3 Å². The first-order valence-corrected chi connectivity index (χ1v) is 9.20. The van der Waals surface area contributed by atoms with Crippen LogP contribution in [-0.4, -0.2) is 24.7 Å². The van der Waals surface area contributed by atoms with Gasteiger partial charge in [0.05, 0.1) is 11.6 Å². The van der Waals surface area contributed by atoms with Crippen LogP contribution in [0.2, 0.25) is 0 Å². The van der Waals surface area contributed by atoms with Crippen molar-refractivity contribution in [1.82, 2.24) is 19.6 Å². The van der Waals surface area contributed by atoms with Gasteiger partial charge in [0.25, 0.3) is 5.78 Å². The van der Waals surface area contributed by atoms with E-state index in [2.05, 4.69) is 28.2 Å². The van der Waals surface area contributed by atoms with Crippen molar-refractivity contribution in [3.05, 3.63) is 77.2 Å². The third kappa shape index (κ3) is 3.19. The summed E-state index contributed by atoms with van der Waals surface area (Å²) in [5.41, 5.74) is 5.39. The van der Waals surface area contributed by atoms with E-state index < -0.39 is 0 Å². The topological polar surface area (TPSA) is 87.1 Å². The Morgan fingerprint density at radius 3 is 2.64 bits per heavy atom. The molecule has 0 spiro atoms. The summed E-state index contributed by atoms with van der Waals surface area (Å²) in [7, 11) is 0. The Bertz CT molecular complexity index is 1170. The van der Waals surface area contributed by atoms with Crippen LogP contribution >= 0.6 is 0 Å². The summed E-state index contributed by atoms with van der Waals surface area (Å²) in [4.78, 5) is 4.17. The lowest BCUT2D eigenvalue weighted by Crippen LogP contribution is -2.06. The molecule has 4 aromatic rings. The van der Waals surface area contributed by atoms with E-state index in [-0.39, 0.29) is 5.88 Å². The Balaban J connectivity index is 1.69. The maximum absolute atomic E-state index is 10.5. The highest BCUT2D eigenvalue weighted by molar-refractivity contribution is 5.70. The third-order valence-corrected chi connectivity index (χ3v) is 4.82. The highest BCUT2D eigenvalue weighted by Gasteiger charge is 2.16. The molecule has 4 rings (SSSR count). The lowest BCUT2D eigenvalue weighted by Gasteiger charge is -2.13. The summed E-state index contributed by atoms with van der Waals surface area (Å²) in [6, 6.07) is 17.9. The van der Waals surface area contributed by atoms with Gasteiger partial charge in [0.2, 0.25) is 5.88 Å². The quantitative estimate of drug-likeness (QED) is 0.576. The lowest BCUT2D eigenvalue weighted by molar-refractivity contribution is 0.445. The van der Waals surface area contributed by atoms with Crippen molar-refractivity contribution in [1.29, 1.82) is 5.26 Å². The van der Waals surface area contributed by atoms with Gasteiger partial charge in [-0.1, -0.05) is 55.8 Å². The van der Waals surface area contributed by atoms with E-state index in [1.807, 2.05) is 52.9 Å². The van der Waals surface area contributed by atoms with E-state index in [1.165, 1.54) is 0 Å². The molecule has 2 heterocycles. The maximum Gasteiger partial charge on any atom is 0.258 e. The standard InChI is InChI=1S/C22H19N5O/c1-2-5-20-19(21(28)25-22-26-24-14-27(20)22)12-15-8-10-16(11-9-15)18-7-4-3-6-17(18)13-23/h3-4,6-11,14H,2,5,12H2,1H3,(H,25,26,28). The first-order chi connectivity index (χ1) is 13.7. The Morgan fingerprint density at radius 1 is 1.11 bits per heavy atom. The molecule has 0 aliphatic rings. The molecule has 2 aromatic carbocycles. The van der Waals surface area contributed by atoms with Crippen molar-refractivity contribution in [3.63, 3.8) is 0 Å². The normalized spacial score (nSPS) is 10.9.